The van der Waals surface area contributed by atoms with Crippen LogP contribution < -0.4 is 10.6 Å². The summed E-state index contributed by atoms with van der Waals surface area (Å²) in [6.07, 6.45) is 0.805. The number of esters is 1. The van der Waals surface area contributed by atoms with Crippen molar-refractivity contribution in [1.29, 1.82) is 0 Å². The Morgan fingerprint density at radius 1 is 1.40 bits per heavy atom. The van der Waals surface area contributed by atoms with E-state index in [-0.39, 0.29) is 11.8 Å². The third kappa shape index (κ3) is 2.96. The van der Waals surface area contributed by atoms with Crippen LogP contribution in [-0.2, 0) is 14.3 Å². The fraction of sp³-hybridized carbons (Fsp3) is 0.357. The molecule has 6 nitrogen and oxygen atoms in total. The number of hydrogen-bond acceptors (Lipinski definition) is 4. The minimum Gasteiger partial charge on any atom is -0.465 e. The summed E-state index contributed by atoms with van der Waals surface area (Å²) in [7, 11) is 1.29. The SMILES string of the molecule is COC(=O)c1cc(C)ccc1NC(=O)[C@@H]1CCC(=O)N1. The molecule has 1 heterocycles. The molecule has 1 aromatic rings. The first-order valence-corrected chi connectivity index (χ1v) is 6.30. The van der Waals surface area contributed by atoms with Gasteiger partial charge in [0.2, 0.25) is 11.8 Å². The van der Waals surface area contributed by atoms with Crippen molar-refractivity contribution in [3.05, 3.63) is 29.3 Å². The van der Waals surface area contributed by atoms with Gasteiger partial charge in [-0.05, 0) is 25.5 Å². The predicted octanol–water partition coefficient (Wildman–Crippen LogP) is 0.999. The summed E-state index contributed by atoms with van der Waals surface area (Å²) < 4.78 is 4.70. The number of hydrogen-bond donors (Lipinski definition) is 2. The zero-order valence-electron chi connectivity index (χ0n) is 11.4. The van der Waals surface area contributed by atoms with Crippen molar-refractivity contribution >= 4 is 23.5 Å². The summed E-state index contributed by atoms with van der Waals surface area (Å²) >= 11 is 0. The van der Waals surface area contributed by atoms with Crippen LogP contribution in [0.1, 0.15) is 28.8 Å². The number of carbonyl (C=O) groups excluding carboxylic acids is 3. The molecule has 0 radical (unpaired) electrons. The van der Waals surface area contributed by atoms with Gasteiger partial charge in [-0.3, -0.25) is 9.59 Å². The van der Waals surface area contributed by atoms with E-state index < -0.39 is 12.0 Å². The highest BCUT2D eigenvalue weighted by molar-refractivity contribution is 6.04. The Kier molecular flexibility index (Phi) is 4.02. The summed E-state index contributed by atoms with van der Waals surface area (Å²) in [5.41, 5.74) is 1.57. The van der Waals surface area contributed by atoms with Gasteiger partial charge >= 0.3 is 5.97 Å². The van der Waals surface area contributed by atoms with Crippen LogP contribution in [0.25, 0.3) is 0 Å². The van der Waals surface area contributed by atoms with E-state index in [1.165, 1.54) is 7.11 Å². The first-order chi connectivity index (χ1) is 9.51. The van der Waals surface area contributed by atoms with Crippen LogP contribution in [0.2, 0.25) is 0 Å². The van der Waals surface area contributed by atoms with E-state index in [4.69, 9.17) is 4.74 Å². The number of nitrogens with one attached hydrogen (secondary N) is 2. The molecule has 0 unspecified atom stereocenters. The second kappa shape index (κ2) is 5.73. The topological polar surface area (TPSA) is 84.5 Å². The Bertz CT molecular complexity index is 568. The highest BCUT2D eigenvalue weighted by Crippen LogP contribution is 2.19. The van der Waals surface area contributed by atoms with Crippen molar-refractivity contribution < 1.29 is 19.1 Å². The van der Waals surface area contributed by atoms with Crippen molar-refractivity contribution in [3.8, 4) is 0 Å². The molecule has 1 atom stereocenters. The second-order valence-corrected chi connectivity index (χ2v) is 4.69. The predicted molar refractivity (Wildman–Crippen MR) is 72.3 cm³/mol. The van der Waals surface area contributed by atoms with Gasteiger partial charge < -0.3 is 15.4 Å². The number of amides is 2. The molecule has 1 aromatic carbocycles. The molecular formula is C14H16N2O4. The van der Waals surface area contributed by atoms with E-state index in [9.17, 15) is 14.4 Å². The fourth-order valence-electron chi connectivity index (χ4n) is 2.08. The second-order valence-electron chi connectivity index (χ2n) is 4.69. The van der Waals surface area contributed by atoms with E-state index >= 15 is 0 Å². The van der Waals surface area contributed by atoms with Crippen LogP contribution in [0.15, 0.2) is 18.2 Å². The van der Waals surface area contributed by atoms with Gasteiger partial charge in [-0.15, -0.1) is 0 Å². The molecule has 0 bridgehead atoms. The average Bonchev–Trinajstić information content (AvgIpc) is 2.86. The Morgan fingerprint density at radius 2 is 2.15 bits per heavy atom. The van der Waals surface area contributed by atoms with Gasteiger partial charge in [0.05, 0.1) is 18.4 Å². The Morgan fingerprint density at radius 3 is 2.75 bits per heavy atom. The molecule has 1 aliphatic rings. The number of carbonyl (C=O) groups is 3. The van der Waals surface area contributed by atoms with Crippen LogP contribution in [0.5, 0.6) is 0 Å². The molecule has 2 rings (SSSR count). The largest absolute Gasteiger partial charge is 0.465 e. The summed E-state index contributed by atoms with van der Waals surface area (Å²) in [5.74, 6) is -0.980. The highest BCUT2D eigenvalue weighted by Gasteiger charge is 2.28. The van der Waals surface area contributed by atoms with Crippen molar-refractivity contribution in [2.45, 2.75) is 25.8 Å². The Hall–Kier alpha value is -2.37. The molecule has 6 heteroatoms. The molecular weight excluding hydrogens is 260 g/mol. The number of ether oxygens (including phenoxy) is 1. The normalized spacial score (nSPS) is 17.5. The standard InChI is InChI=1S/C14H16N2O4/c1-8-3-4-10(9(7-8)14(19)20-2)16-13(18)11-5-6-12(17)15-11/h3-4,7,11H,5-6H2,1-2H3,(H,15,17)(H,16,18)/t11-/m0/s1. The smallest absolute Gasteiger partial charge is 0.339 e. The molecule has 0 saturated carbocycles. The Balaban J connectivity index is 2.18. The van der Waals surface area contributed by atoms with E-state index in [0.717, 1.165) is 5.56 Å². The minimum absolute atomic E-state index is 0.137. The molecule has 0 spiro atoms. The maximum absolute atomic E-state index is 12.0. The fourth-order valence-corrected chi connectivity index (χ4v) is 2.08. The maximum atomic E-state index is 12.0. The number of benzene rings is 1. The van der Waals surface area contributed by atoms with Gasteiger partial charge in [-0.1, -0.05) is 11.6 Å². The molecule has 20 heavy (non-hydrogen) atoms. The summed E-state index contributed by atoms with van der Waals surface area (Å²) in [5, 5.41) is 5.24. The monoisotopic (exact) mass is 276 g/mol. The average molecular weight is 276 g/mol. The lowest BCUT2D eigenvalue weighted by molar-refractivity contribution is -0.122. The van der Waals surface area contributed by atoms with Gasteiger partial charge in [-0.2, -0.15) is 0 Å². The number of methoxy groups -OCH3 is 1. The molecule has 0 aliphatic carbocycles. The van der Waals surface area contributed by atoms with Gasteiger partial charge in [0.15, 0.2) is 0 Å². The van der Waals surface area contributed by atoms with E-state index in [2.05, 4.69) is 10.6 Å². The van der Waals surface area contributed by atoms with Crippen molar-refractivity contribution in [3.63, 3.8) is 0 Å². The zero-order chi connectivity index (χ0) is 14.7. The molecule has 1 fully saturated rings. The number of anilines is 1. The van der Waals surface area contributed by atoms with Crippen molar-refractivity contribution in [1.82, 2.24) is 5.32 Å². The van der Waals surface area contributed by atoms with Crippen molar-refractivity contribution in [2.24, 2.45) is 0 Å². The van der Waals surface area contributed by atoms with Crippen LogP contribution >= 0.6 is 0 Å². The third-order valence-electron chi connectivity index (χ3n) is 3.15. The van der Waals surface area contributed by atoms with E-state index in [1.807, 2.05) is 6.92 Å². The summed E-state index contributed by atoms with van der Waals surface area (Å²) in [4.78, 5) is 34.8. The van der Waals surface area contributed by atoms with E-state index in [0.29, 0.717) is 24.1 Å². The summed E-state index contributed by atoms with van der Waals surface area (Å²) in [6, 6.07) is 4.54. The molecule has 1 aliphatic heterocycles. The molecule has 106 valence electrons. The number of rotatable bonds is 3. The van der Waals surface area contributed by atoms with Crippen LogP contribution in [0, 0.1) is 6.92 Å². The zero-order valence-corrected chi connectivity index (χ0v) is 11.4. The minimum atomic E-state index is -0.547. The number of aryl methyl sites for hydroxylation is 1. The van der Waals surface area contributed by atoms with Crippen molar-refractivity contribution in [2.75, 3.05) is 12.4 Å². The molecule has 2 N–H and O–H groups in total. The van der Waals surface area contributed by atoms with Gasteiger partial charge in [0, 0.05) is 6.42 Å². The Labute approximate surface area is 116 Å². The lowest BCUT2D eigenvalue weighted by Gasteiger charge is -2.14. The maximum Gasteiger partial charge on any atom is 0.339 e. The quantitative estimate of drug-likeness (QED) is 0.807. The van der Waals surface area contributed by atoms with Crippen LogP contribution in [-0.4, -0.2) is 30.9 Å². The lowest BCUT2D eigenvalue weighted by atomic mass is 10.1. The molecule has 1 saturated heterocycles. The van der Waals surface area contributed by atoms with Crippen LogP contribution in [0.3, 0.4) is 0 Å². The van der Waals surface area contributed by atoms with Crippen LogP contribution in [0.4, 0.5) is 5.69 Å². The van der Waals surface area contributed by atoms with Gasteiger partial charge in [0.1, 0.15) is 6.04 Å². The molecule has 2 amide bonds. The lowest BCUT2D eigenvalue weighted by Crippen LogP contribution is -2.37. The summed E-state index contributed by atoms with van der Waals surface area (Å²) in [6.45, 7) is 1.84. The van der Waals surface area contributed by atoms with Gasteiger partial charge in [-0.25, -0.2) is 4.79 Å². The first kappa shape index (κ1) is 14.0. The third-order valence-corrected chi connectivity index (χ3v) is 3.15. The van der Waals surface area contributed by atoms with E-state index in [1.54, 1.807) is 18.2 Å². The van der Waals surface area contributed by atoms with Gasteiger partial charge in [0.25, 0.3) is 0 Å². The first-order valence-electron chi connectivity index (χ1n) is 6.30. The molecule has 0 aromatic heterocycles. The highest BCUT2D eigenvalue weighted by atomic mass is 16.5.